The molecule has 0 spiro atoms. The third-order valence-corrected chi connectivity index (χ3v) is 5.13. The number of benzene rings is 1. The molecule has 2 fully saturated rings. The fourth-order valence-corrected chi connectivity index (χ4v) is 3.73. The molecule has 1 aromatic rings. The first-order chi connectivity index (χ1) is 11.6. The Morgan fingerprint density at radius 1 is 1.29 bits per heavy atom. The highest BCUT2D eigenvalue weighted by Crippen LogP contribution is 2.29. The Bertz CT molecular complexity index is 590. The van der Waals surface area contributed by atoms with Crippen molar-refractivity contribution in [3.63, 3.8) is 0 Å². The Morgan fingerprint density at radius 3 is 2.75 bits per heavy atom. The van der Waals surface area contributed by atoms with Gasteiger partial charge in [0.05, 0.1) is 11.0 Å². The molecule has 0 aliphatic carbocycles. The predicted molar refractivity (Wildman–Crippen MR) is 89.7 cm³/mol. The molecule has 130 valence electrons. The van der Waals surface area contributed by atoms with E-state index in [1.54, 1.807) is 12.1 Å². The fraction of sp³-hybridized carbons (Fsp3) is 0.611. The Balaban J connectivity index is 1.46. The van der Waals surface area contributed by atoms with Gasteiger partial charge in [0.1, 0.15) is 0 Å². The molecule has 0 unspecified atom stereocenters. The van der Waals surface area contributed by atoms with Crippen LogP contribution in [-0.4, -0.2) is 41.5 Å². The number of non-ortho nitro benzene ring substituents is 1. The molecular weight excluding hydrogens is 308 g/mol. The van der Waals surface area contributed by atoms with E-state index in [9.17, 15) is 14.9 Å². The minimum absolute atomic E-state index is 0.0809. The van der Waals surface area contributed by atoms with Crippen LogP contribution in [0.1, 0.15) is 37.7 Å². The van der Waals surface area contributed by atoms with Gasteiger partial charge >= 0.3 is 0 Å². The highest BCUT2D eigenvalue weighted by molar-refractivity contribution is 5.76. The maximum absolute atomic E-state index is 12.4. The van der Waals surface area contributed by atoms with Crippen molar-refractivity contribution >= 4 is 11.6 Å². The van der Waals surface area contributed by atoms with Crippen LogP contribution in [0.4, 0.5) is 5.69 Å². The summed E-state index contributed by atoms with van der Waals surface area (Å²) in [5.41, 5.74) is 0.920. The molecule has 1 amide bonds. The summed E-state index contributed by atoms with van der Waals surface area (Å²) >= 11 is 0. The minimum atomic E-state index is -0.402. The summed E-state index contributed by atoms with van der Waals surface area (Å²) in [4.78, 5) is 24.7. The molecule has 2 aliphatic rings. The van der Waals surface area contributed by atoms with Gasteiger partial charge in [-0.15, -0.1) is 0 Å². The molecule has 1 atom stereocenters. The maximum atomic E-state index is 12.4. The Hall–Kier alpha value is -1.95. The van der Waals surface area contributed by atoms with Gasteiger partial charge in [0.25, 0.3) is 5.69 Å². The molecule has 0 N–H and O–H groups in total. The van der Waals surface area contributed by atoms with Crippen molar-refractivity contribution in [1.29, 1.82) is 0 Å². The molecule has 2 heterocycles. The van der Waals surface area contributed by atoms with E-state index in [-0.39, 0.29) is 11.6 Å². The number of hydrogen-bond acceptors (Lipinski definition) is 4. The summed E-state index contributed by atoms with van der Waals surface area (Å²) in [5, 5.41) is 10.8. The quantitative estimate of drug-likeness (QED) is 0.614. The van der Waals surface area contributed by atoms with Crippen molar-refractivity contribution in [2.45, 2.75) is 44.6 Å². The van der Waals surface area contributed by atoms with Crippen LogP contribution >= 0.6 is 0 Å². The summed E-state index contributed by atoms with van der Waals surface area (Å²) in [6.07, 6.45) is 5.71. The summed E-state index contributed by atoms with van der Waals surface area (Å²) in [7, 11) is 0. The molecule has 3 rings (SSSR count). The lowest BCUT2D eigenvalue weighted by atomic mass is 9.89. The Kier molecular flexibility index (Phi) is 5.45. The molecular formula is C18H24N2O4. The van der Waals surface area contributed by atoms with E-state index in [0.29, 0.717) is 24.9 Å². The van der Waals surface area contributed by atoms with Crippen LogP contribution in [-0.2, 0) is 16.0 Å². The lowest BCUT2D eigenvalue weighted by molar-refractivity contribution is -0.384. The van der Waals surface area contributed by atoms with Crippen LogP contribution in [0.5, 0.6) is 0 Å². The van der Waals surface area contributed by atoms with Gasteiger partial charge in [-0.25, -0.2) is 0 Å². The van der Waals surface area contributed by atoms with E-state index in [4.69, 9.17) is 4.74 Å². The van der Waals surface area contributed by atoms with E-state index in [1.807, 2.05) is 11.0 Å². The van der Waals surface area contributed by atoms with E-state index < -0.39 is 4.92 Å². The SMILES string of the molecule is O=C(CCc1cccc([N+](=O)[O-])c1)N1CCC([C@@H]2CCCO2)CC1. The smallest absolute Gasteiger partial charge is 0.269 e. The third kappa shape index (κ3) is 4.12. The maximum Gasteiger partial charge on any atom is 0.269 e. The number of nitrogens with zero attached hydrogens (tertiary/aromatic N) is 2. The largest absolute Gasteiger partial charge is 0.378 e. The van der Waals surface area contributed by atoms with Crippen molar-refractivity contribution in [1.82, 2.24) is 4.90 Å². The standard InChI is InChI=1S/C18H24N2O4/c21-18(7-6-14-3-1-4-16(13-14)20(22)23)19-10-8-15(9-11-19)17-5-2-12-24-17/h1,3-4,13,15,17H,2,5-12H2/t17-/m0/s1. The van der Waals surface area contributed by atoms with Crippen LogP contribution < -0.4 is 0 Å². The van der Waals surface area contributed by atoms with Gasteiger partial charge in [-0.05, 0) is 43.6 Å². The molecule has 6 heteroatoms. The summed E-state index contributed by atoms with van der Waals surface area (Å²) in [5.74, 6) is 0.737. The van der Waals surface area contributed by atoms with E-state index in [2.05, 4.69) is 0 Å². The number of ether oxygens (including phenoxy) is 1. The van der Waals surface area contributed by atoms with Gasteiger partial charge in [-0.3, -0.25) is 14.9 Å². The lowest BCUT2D eigenvalue weighted by Gasteiger charge is -2.34. The van der Waals surface area contributed by atoms with Crippen LogP contribution in [0.2, 0.25) is 0 Å². The van der Waals surface area contributed by atoms with E-state index in [0.717, 1.165) is 50.9 Å². The predicted octanol–water partition coefficient (Wildman–Crippen LogP) is 2.95. The van der Waals surface area contributed by atoms with Crippen LogP contribution in [0.3, 0.4) is 0 Å². The molecule has 0 saturated carbocycles. The zero-order valence-corrected chi connectivity index (χ0v) is 13.9. The van der Waals surface area contributed by atoms with Crippen molar-refractivity contribution in [3.8, 4) is 0 Å². The van der Waals surface area contributed by atoms with Gasteiger partial charge in [0, 0.05) is 38.2 Å². The lowest BCUT2D eigenvalue weighted by Crippen LogP contribution is -2.41. The number of likely N-dealkylation sites (tertiary alicyclic amines) is 1. The monoisotopic (exact) mass is 332 g/mol. The Morgan fingerprint density at radius 2 is 2.08 bits per heavy atom. The zero-order valence-electron chi connectivity index (χ0n) is 13.9. The second kappa shape index (κ2) is 7.75. The molecule has 1 aromatic carbocycles. The molecule has 2 aliphatic heterocycles. The molecule has 0 aromatic heterocycles. The van der Waals surface area contributed by atoms with Crippen molar-refractivity contribution in [2.75, 3.05) is 19.7 Å². The topological polar surface area (TPSA) is 72.7 Å². The zero-order chi connectivity index (χ0) is 16.9. The van der Waals surface area contributed by atoms with Gasteiger partial charge < -0.3 is 9.64 Å². The first kappa shape index (κ1) is 16.9. The molecule has 0 bridgehead atoms. The first-order valence-corrected chi connectivity index (χ1v) is 8.76. The summed E-state index contributed by atoms with van der Waals surface area (Å²) < 4.78 is 5.77. The summed E-state index contributed by atoms with van der Waals surface area (Å²) in [6.45, 7) is 2.49. The Labute approximate surface area is 141 Å². The number of nitro groups is 1. The number of amides is 1. The fourth-order valence-electron chi connectivity index (χ4n) is 3.73. The van der Waals surface area contributed by atoms with Gasteiger partial charge in [-0.1, -0.05) is 12.1 Å². The number of carbonyl (C=O) groups excluding carboxylic acids is 1. The number of piperidine rings is 1. The normalized spacial score (nSPS) is 21.8. The second-order valence-corrected chi connectivity index (χ2v) is 6.70. The van der Waals surface area contributed by atoms with Crippen LogP contribution in [0, 0.1) is 16.0 Å². The van der Waals surface area contributed by atoms with Crippen molar-refractivity contribution < 1.29 is 14.5 Å². The van der Waals surface area contributed by atoms with Gasteiger partial charge in [-0.2, -0.15) is 0 Å². The third-order valence-electron chi connectivity index (χ3n) is 5.13. The average molecular weight is 332 g/mol. The average Bonchev–Trinajstić information content (AvgIpc) is 3.14. The van der Waals surface area contributed by atoms with E-state index >= 15 is 0 Å². The highest BCUT2D eigenvalue weighted by atomic mass is 16.6. The number of carbonyl (C=O) groups is 1. The number of aryl methyl sites for hydroxylation is 1. The molecule has 2 saturated heterocycles. The first-order valence-electron chi connectivity index (χ1n) is 8.76. The number of nitro benzene ring substituents is 1. The van der Waals surface area contributed by atoms with E-state index in [1.165, 1.54) is 6.07 Å². The van der Waals surface area contributed by atoms with Crippen LogP contribution in [0.15, 0.2) is 24.3 Å². The van der Waals surface area contributed by atoms with Gasteiger partial charge in [0.15, 0.2) is 0 Å². The second-order valence-electron chi connectivity index (χ2n) is 6.70. The summed E-state index contributed by atoms with van der Waals surface area (Å²) in [6, 6.07) is 6.53. The molecule has 24 heavy (non-hydrogen) atoms. The number of rotatable bonds is 5. The van der Waals surface area contributed by atoms with Crippen molar-refractivity contribution in [2.24, 2.45) is 5.92 Å². The van der Waals surface area contributed by atoms with Gasteiger partial charge in [0.2, 0.25) is 5.91 Å². The highest BCUT2D eigenvalue weighted by Gasteiger charge is 2.30. The van der Waals surface area contributed by atoms with Crippen LogP contribution in [0.25, 0.3) is 0 Å². The molecule has 6 nitrogen and oxygen atoms in total. The number of hydrogen-bond donors (Lipinski definition) is 0. The van der Waals surface area contributed by atoms with Crippen molar-refractivity contribution in [3.05, 3.63) is 39.9 Å². The molecule has 0 radical (unpaired) electrons. The minimum Gasteiger partial charge on any atom is -0.378 e.